The molecule has 0 aliphatic rings. The predicted octanol–water partition coefficient (Wildman–Crippen LogP) is 3.20. The van der Waals surface area contributed by atoms with E-state index in [1.54, 1.807) is 6.07 Å². The monoisotopic (exact) mass is 397 g/mol. The van der Waals surface area contributed by atoms with E-state index in [4.69, 9.17) is 14.2 Å². The lowest BCUT2D eigenvalue weighted by molar-refractivity contribution is -0.137. The number of carbonyl (C=O) groups is 2. The van der Waals surface area contributed by atoms with Gasteiger partial charge in [0.2, 0.25) is 0 Å². The van der Waals surface area contributed by atoms with E-state index in [0.29, 0.717) is 17.1 Å². The zero-order valence-corrected chi connectivity index (χ0v) is 15.1. The Kier molecular flexibility index (Phi) is 6.86. The van der Waals surface area contributed by atoms with Crippen LogP contribution in [0.5, 0.6) is 11.5 Å². The molecule has 0 heterocycles. The van der Waals surface area contributed by atoms with E-state index in [1.807, 2.05) is 0 Å². The summed E-state index contributed by atoms with van der Waals surface area (Å²) in [6.07, 6.45) is -4.42. The van der Waals surface area contributed by atoms with Crippen LogP contribution in [0.3, 0.4) is 0 Å². The molecular weight excluding hydrogens is 379 g/mol. The molecule has 0 aromatic heterocycles. The highest BCUT2D eigenvalue weighted by Crippen LogP contribution is 2.29. The normalized spacial score (nSPS) is 10.9. The first-order valence-electron chi connectivity index (χ1n) is 8.06. The van der Waals surface area contributed by atoms with E-state index in [-0.39, 0.29) is 12.1 Å². The minimum Gasteiger partial charge on any atom is -0.497 e. The maximum atomic E-state index is 12.5. The Labute approximate surface area is 159 Å². The van der Waals surface area contributed by atoms with Gasteiger partial charge in [-0.2, -0.15) is 13.2 Å². The lowest BCUT2D eigenvalue weighted by Crippen LogP contribution is -2.28. The van der Waals surface area contributed by atoms with Crippen molar-refractivity contribution in [3.8, 4) is 11.5 Å². The summed E-state index contributed by atoms with van der Waals surface area (Å²) in [5.74, 6) is -0.568. The van der Waals surface area contributed by atoms with E-state index in [9.17, 15) is 22.8 Å². The first kappa shape index (κ1) is 21.1. The molecular formula is C19H18F3NO5. The van der Waals surface area contributed by atoms with Gasteiger partial charge in [0, 0.05) is 12.6 Å². The van der Waals surface area contributed by atoms with Crippen LogP contribution in [0.1, 0.15) is 21.5 Å². The zero-order chi connectivity index (χ0) is 20.7. The van der Waals surface area contributed by atoms with Crippen LogP contribution in [0.15, 0.2) is 42.5 Å². The van der Waals surface area contributed by atoms with Gasteiger partial charge in [-0.1, -0.05) is 12.1 Å². The van der Waals surface area contributed by atoms with Gasteiger partial charge >= 0.3 is 12.1 Å². The minimum absolute atomic E-state index is 0.00149. The molecule has 0 spiro atoms. The van der Waals surface area contributed by atoms with Crippen LogP contribution in [-0.2, 0) is 22.3 Å². The molecule has 0 atom stereocenters. The number of ether oxygens (including phenoxy) is 3. The van der Waals surface area contributed by atoms with E-state index in [1.165, 1.54) is 38.5 Å². The fraction of sp³-hybridized carbons (Fsp3) is 0.263. The molecule has 0 saturated carbocycles. The molecule has 1 amide bonds. The number of hydrogen-bond acceptors (Lipinski definition) is 5. The van der Waals surface area contributed by atoms with Gasteiger partial charge in [-0.3, -0.25) is 4.79 Å². The van der Waals surface area contributed by atoms with Crippen molar-refractivity contribution in [2.45, 2.75) is 12.7 Å². The van der Waals surface area contributed by atoms with Crippen LogP contribution < -0.4 is 14.8 Å². The Bertz CT molecular complexity index is 812. The maximum absolute atomic E-state index is 12.5. The third-order valence-corrected chi connectivity index (χ3v) is 3.69. The molecule has 0 radical (unpaired) electrons. The number of benzene rings is 2. The number of esters is 1. The molecule has 0 saturated heterocycles. The zero-order valence-electron chi connectivity index (χ0n) is 15.1. The largest absolute Gasteiger partial charge is 0.497 e. The van der Waals surface area contributed by atoms with Crippen molar-refractivity contribution in [1.82, 2.24) is 5.32 Å². The molecule has 6 nitrogen and oxygen atoms in total. The summed E-state index contributed by atoms with van der Waals surface area (Å²) < 4.78 is 52.6. The molecule has 150 valence electrons. The average Bonchev–Trinajstić information content (AvgIpc) is 2.69. The number of nitrogens with one attached hydrogen (secondary N) is 1. The van der Waals surface area contributed by atoms with Gasteiger partial charge in [0.25, 0.3) is 5.91 Å². The lowest BCUT2D eigenvalue weighted by atomic mass is 10.1. The molecule has 0 unspecified atom stereocenters. The van der Waals surface area contributed by atoms with Gasteiger partial charge in [0.15, 0.2) is 6.61 Å². The second kappa shape index (κ2) is 9.12. The van der Waals surface area contributed by atoms with Crippen LogP contribution in [0.2, 0.25) is 0 Å². The van der Waals surface area contributed by atoms with Crippen molar-refractivity contribution in [3.05, 3.63) is 59.2 Å². The summed E-state index contributed by atoms with van der Waals surface area (Å²) in [4.78, 5) is 23.9. The molecule has 9 heteroatoms. The second-order valence-corrected chi connectivity index (χ2v) is 5.65. The van der Waals surface area contributed by atoms with Crippen LogP contribution in [0.4, 0.5) is 13.2 Å². The van der Waals surface area contributed by atoms with Crippen LogP contribution >= 0.6 is 0 Å². The molecule has 0 bridgehead atoms. The van der Waals surface area contributed by atoms with Crippen molar-refractivity contribution in [2.24, 2.45) is 0 Å². The average molecular weight is 397 g/mol. The van der Waals surface area contributed by atoms with Crippen LogP contribution in [0, 0.1) is 0 Å². The minimum atomic E-state index is -4.42. The summed E-state index contributed by atoms with van der Waals surface area (Å²) in [6.45, 7) is -0.541. The van der Waals surface area contributed by atoms with Crippen molar-refractivity contribution in [3.63, 3.8) is 0 Å². The maximum Gasteiger partial charge on any atom is 0.416 e. The fourth-order valence-electron chi connectivity index (χ4n) is 2.20. The molecule has 1 N–H and O–H groups in total. The number of alkyl halides is 3. The highest BCUT2D eigenvalue weighted by atomic mass is 19.4. The van der Waals surface area contributed by atoms with Gasteiger partial charge in [-0.05, 0) is 29.8 Å². The number of rotatable bonds is 7. The van der Waals surface area contributed by atoms with E-state index >= 15 is 0 Å². The quantitative estimate of drug-likeness (QED) is 0.727. The summed E-state index contributed by atoms with van der Waals surface area (Å²) in [5, 5.41) is 2.46. The van der Waals surface area contributed by atoms with E-state index < -0.39 is 30.2 Å². The van der Waals surface area contributed by atoms with Crippen molar-refractivity contribution >= 4 is 11.9 Å². The van der Waals surface area contributed by atoms with E-state index in [0.717, 1.165) is 12.1 Å². The highest BCUT2D eigenvalue weighted by Gasteiger charge is 2.29. The molecule has 2 rings (SSSR count). The first-order valence-corrected chi connectivity index (χ1v) is 8.06. The highest BCUT2D eigenvalue weighted by molar-refractivity contribution is 5.92. The molecule has 0 aliphatic carbocycles. The first-order chi connectivity index (χ1) is 13.2. The Morgan fingerprint density at radius 1 is 0.964 bits per heavy atom. The topological polar surface area (TPSA) is 73.9 Å². The Morgan fingerprint density at radius 3 is 2.04 bits per heavy atom. The number of halogens is 3. The molecule has 28 heavy (non-hydrogen) atoms. The Morgan fingerprint density at radius 2 is 1.54 bits per heavy atom. The summed E-state index contributed by atoms with van der Waals surface area (Å²) in [6, 6.07) is 8.83. The fourth-order valence-corrected chi connectivity index (χ4v) is 2.20. The molecule has 0 fully saturated rings. The van der Waals surface area contributed by atoms with Crippen molar-refractivity contribution in [1.29, 1.82) is 0 Å². The summed E-state index contributed by atoms with van der Waals surface area (Å²) in [7, 11) is 2.86. The van der Waals surface area contributed by atoms with Gasteiger partial charge < -0.3 is 19.5 Å². The van der Waals surface area contributed by atoms with E-state index in [2.05, 4.69) is 5.32 Å². The number of hydrogen-bond donors (Lipinski definition) is 1. The van der Waals surface area contributed by atoms with Gasteiger partial charge in [0.05, 0.1) is 25.3 Å². The number of amides is 1. The number of carbonyl (C=O) groups excluding carboxylic acids is 2. The molecule has 2 aromatic rings. The van der Waals surface area contributed by atoms with Gasteiger partial charge in [-0.25, -0.2) is 4.79 Å². The van der Waals surface area contributed by atoms with Crippen molar-refractivity contribution < 1.29 is 37.0 Å². The van der Waals surface area contributed by atoms with Crippen molar-refractivity contribution in [2.75, 3.05) is 20.8 Å². The summed E-state index contributed by atoms with van der Waals surface area (Å²) >= 11 is 0. The number of methoxy groups -OCH3 is 2. The standard InChI is InChI=1S/C19H18F3NO5/c1-26-15-7-13(8-16(9-15)27-2)18(25)28-11-17(24)23-10-12-3-5-14(6-4-12)19(20,21)22/h3-9H,10-11H2,1-2H3,(H,23,24). The van der Waals surface area contributed by atoms with Gasteiger partial charge in [-0.15, -0.1) is 0 Å². The Hall–Kier alpha value is -3.23. The smallest absolute Gasteiger partial charge is 0.416 e. The molecule has 0 aliphatic heterocycles. The molecule has 2 aromatic carbocycles. The third kappa shape index (κ3) is 5.90. The third-order valence-electron chi connectivity index (χ3n) is 3.69. The predicted molar refractivity (Wildman–Crippen MR) is 93.1 cm³/mol. The van der Waals surface area contributed by atoms with Gasteiger partial charge in [0.1, 0.15) is 11.5 Å². The van der Waals surface area contributed by atoms with Crippen LogP contribution in [-0.4, -0.2) is 32.7 Å². The SMILES string of the molecule is COc1cc(OC)cc(C(=O)OCC(=O)NCc2ccc(C(F)(F)F)cc2)c1. The second-order valence-electron chi connectivity index (χ2n) is 5.65. The summed E-state index contributed by atoms with van der Waals surface area (Å²) in [5.41, 5.74) is -0.151. The lowest BCUT2D eigenvalue weighted by Gasteiger charge is -2.10. The Balaban J connectivity index is 1.86. The van der Waals surface area contributed by atoms with Crippen LogP contribution in [0.25, 0.3) is 0 Å².